The maximum absolute atomic E-state index is 13.5. The van der Waals surface area contributed by atoms with E-state index < -0.39 is 19.0 Å². The Kier molecular flexibility index (Phi) is 4.41. The van der Waals surface area contributed by atoms with Crippen molar-refractivity contribution in [1.29, 1.82) is 0 Å². The molecule has 0 aliphatic rings. The average molecular weight is 288 g/mol. The van der Waals surface area contributed by atoms with Gasteiger partial charge in [0, 0.05) is 16.8 Å². The molecule has 104 valence electrons. The van der Waals surface area contributed by atoms with E-state index in [9.17, 15) is 9.36 Å². The normalized spacial score (nSPS) is 12.8. The molecular weight excluding hydrogens is 271 g/mol. The molecule has 0 aromatic heterocycles. The highest BCUT2D eigenvalue weighted by molar-refractivity contribution is 7.78. The Morgan fingerprint density at radius 1 is 1.00 bits per heavy atom. The third kappa shape index (κ3) is 3.00. The van der Waals surface area contributed by atoms with Crippen LogP contribution in [0.5, 0.6) is 0 Å². The van der Waals surface area contributed by atoms with Gasteiger partial charge >= 0.3 is 5.97 Å². The lowest BCUT2D eigenvalue weighted by molar-refractivity contribution is -0.140. The van der Waals surface area contributed by atoms with E-state index in [-0.39, 0.29) is 6.16 Å². The molecule has 1 N–H and O–H groups in total. The molecule has 0 saturated heterocycles. The summed E-state index contributed by atoms with van der Waals surface area (Å²) in [5.74, 6) is -1.57. The number of benzene rings is 2. The van der Waals surface area contributed by atoms with Crippen molar-refractivity contribution in [2.24, 2.45) is 5.92 Å². The van der Waals surface area contributed by atoms with Gasteiger partial charge in [-0.05, 0) is 0 Å². The van der Waals surface area contributed by atoms with Crippen LogP contribution in [0.25, 0.3) is 0 Å². The zero-order chi connectivity index (χ0) is 14.6. The first-order valence-corrected chi connectivity index (χ1v) is 8.36. The summed E-state index contributed by atoms with van der Waals surface area (Å²) in [6.45, 7) is 1.60. The third-order valence-electron chi connectivity index (χ3n) is 3.30. The van der Waals surface area contributed by atoms with E-state index >= 15 is 0 Å². The molecule has 0 bridgehead atoms. The third-order valence-corrected chi connectivity index (χ3v) is 6.63. The number of hydrogen-bond donors (Lipinski definition) is 1. The van der Waals surface area contributed by atoms with Gasteiger partial charge in [0.25, 0.3) is 0 Å². The molecule has 20 heavy (non-hydrogen) atoms. The van der Waals surface area contributed by atoms with E-state index in [2.05, 4.69) is 0 Å². The number of carboxylic acid groups (broad SMARTS) is 1. The molecule has 2 aromatic carbocycles. The largest absolute Gasteiger partial charge is 0.481 e. The van der Waals surface area contributed by atoms with Gasteiger partial charge in [-0.25, -0.2) is 0 Å². The van der Waals surface area contributed by atoms with Crippen LogP contribution in [0.4, 0.5) is 0 Å². The van der Waals surface area contributed by atoms with E-state index in [4.69, 9.17) is 5.11 Å². The molecule has 0 spiro atoms. The molecule has 0 radical (unpaired) electrons. The van der Waals surface area contributed by atoms with E-state index in [1.54, 1.807) is 6.92 Å². The lowest BCUT2D eigenvalue weighted by atomic mass is 10.2. The van der Waals surface area contributed by atoms with Crippen molar-refractivity contribution in [3.8, 4) is 0 Å². The van der Waals surface area contributed by atoms with Crippen LogP contribution >= 0.6 is 7.14 Å². The monoisotopic (exact) mass is 288 g/mol. The van der Waals surface area contributed by atoms with E-state index in [1.807, 2.05) is 60.7 Å². The van der Waals surface area contributed by atoms with Gasteiger partial charge in [-0.15, -0.1) is 0 Å². The molecule has 0 heterocycles. The van der Waals surface area contributed by atoms with Crippen LogP contribution in [0.3, 0.4) is 0 Å². The lowest BCUT2D eigenvalue weighted by Crippen LogP contribution is -2.24. The van der Waals surface area contributed by atoms with Crippen LogP contribution in [0, 0.1) is 5.92 Å². The molecule has 3 nitrogen and oxygen atoms in total. The lowest BCUT2D eigenvalue weighted by Gasteiger charge is -2.21. The topological polar surface area (TPSA) is 54.4 Å². The fraction of sp³-hybridized carbons (Fsp3) is 0.188. The van der Waals surface area contributed by atoms with Crippen molar-refractivity contribution in [3.63, 3.8) is 0 Å². The zero-order valence-corrected chi connectivity index (χ0v) is 12.2. The van der Waals surface area contributed by atoms with E-state index in [0.29, 0.717) is 10.6 Å². The summed E-state index contributed by atoms with van der Waals surface area (Å²) in [6.07, 6.45) is 0.135. The van der Waals surface area contributed by atoms with Crippen molar-refractivity contribution < 1.29 is 14.5 Å². The maximum Gasteiger partial charge on any atom is 0.306 e. The van der Waals surface area contributed by atoms with Crippen molar-refractivity contribution in [3.05, 3.63) is 60.7 Å². The molecule has 2 rings (SSSR count). The highest BCUT2D eigenvalue weighted by Gasteiger charge is 2.31. The first-order chi connectivity index (χ1) is 9.54. The summed E-state index contributed by atoms with van der Waals surface area (Å²) in [5.41, 5.74) is 0. The molecule has 4 heteroatoms. The van der Waals surface area contributed by atoms with Gasteiger partial charge in [-0.3, -0.25) is 4.79 Å². The average Bonchev–Trinajstić information content (AvgIpc) is 2.48. The second-order valence-electron chi connectivity index (χ2n) is 4.83. The predicted octanol–water partition coefficient (Wildman–Crippen LogP) is 2.72. The number of carboxylic acids is 1. The van der Waals surface area contributed by atoms with Crippen LogP contribution in [-0.2, 0) is 9.36 Å². The Labute approximate surface area is 118 Å². The zero-order valence-electron chi connectivity index (χ0n) is 11.3. The van der Waals surface area contributed by atoms with Gasteiger partial charge in [0.05, 0.1) is 5.92 Å². The van der Waals surface area contributed by atoms with Gasteiger partial charge in [-0.2, -0.15) is 0 Å². The number of carbonyl (C=O) groups is 1. The van der Waals surface area contributed by atoms with Crippen LogP contribution in [0.15, 0.2) is 60.7 Å². The molecule has 0 aliphatic carbocycles. The second-order valence-corrected chi connectivity index (χ2v) is 7.71. The van der Waals surface area contributed by atoms with Crippen LogP contribution in [0.1, 0.15) is 6.92 Å². The Morgan fingerprint density at radius 2 is 1.40 bits per heavy atom. The summed E-state index contributed by atoms with van der Waals surface area (Å²) in [5, 5.41) is 10.5. The summed E-state index contributed by atoms with van der Waals surface area (Å²) in [4.78, 5) is 11.1. The molecule has 1 atom stereocenters. The van der Waals surface area contributed by atoms with Crippen molar-refractivity contribution in [1.82, 2.24) is 0 Å². The van der Waals surface area contributed by atoms with Gasteiger partial charge < -0.3 is 9.67 Å². The van der Waals surface area contributed by atoms with Crippen LogP contribution < -0.4 is 10.6 Å². The Hall–Kier alpha value is -1.86. The summed E-state index contributed by atoms with van der Waals surface area (Å²) < 4.78 is 13.5. The van der Waals surface area contributed by atoms with Crippen molar-refractivity contribution in [2.45, 2.75) is 6.92 Å². The smallest absolute Gasteiger partial charge is 0.306 e. The Balaban J connectivity index is 2.50. The van der Waals surface area contributed by atoms with Gasteiger partial charge in [-0.1, -0.05) is 67.6 Å². The maximum atomic E-state index is 13.5. The van der Waals surface area contributed by atoms with E-state index in [1.165, 1.54) is 0 Å². The minimum absolute atomic E-state index is 0.135. The predicted molar refractivity (Wildman–Crippen MR) is 81.4 cm³/mol. The molecule has 2 aromatic rings. The second kappa shape index (κ2) is 6.06. The van der Waals surface area contributed by atoms with Gasteiger partial charge in [0.1, 0.15) is 7.14 Å². The van der Waals surface area contributed by atoms with Gasteiger partial charge in [0.15, 0.2) is 0 Å². The van der Waals surface area contributed by atoms with Crippen molar-refractivity contribution >= 4 is 23.7 Å². The number of hydrogen-bond acceptors (Lipinski definition) is 2. The first-order valence-electron chi connectivity index (χ1n) is 6.47. The highest BCUT2D eigenvalue weighted by atomic mass is 31.2. The highest BCUT2D eigenvalue weighted by Crippen LogP contribution is 2.45. The molecule has 0 unspecified atom stereocenters. The molecule has 0 aliphatic heterocycles. The minimum atomic E-state index is -2.91. The van der Waals surface area contributed by atoms with E-state index in [0.717, 1.165) is 0 Å². The van der Waals surface area contributed by atoms with Crippen LogP contribution in [0.2, 0.25) is 0 Å². The molecule has 0 fully saturated rings. The molecule has 0 amide bonds. The fourth-order valence-corrected chi connectivity index (χ4v) is 5.12. The number of aliphatic carboxylic acids is 1. The molecule has 0 saturated carbocycles. The number of rotatable bonds is 5. The SMILES string of the molecule is C[C@@H](CP(=O)(c1ccccc1)c1ccccc1)C(=O)O. The van der Waals surface area contributed by atoms with Gasteiger partial charge in [0.2, 0.25) is 0 Å². The molecular formula is C16H17O3P. The first kappa shape index (κ1) is 14.5. The van der Waals surface area contributed by atoms with Crippen LogP contribution in [-0.4, -0.2) is 17.2 Å². The Bertz CT molecular complexity index is 579. The summed E-state index contributed by atoms with van der Waals surface area (Å²) in [7, 11) is -2.91. The summed E-state index contributed by atoms with van der Waals surface area (Å²) >= 11 is 0. The Morgan fingerprint density at radius 3 is 1.75 bits per heavy atom. The summed E-state index contributed by atoms with van der Waals surface area (Å²) in [6, 6.07) is 18.3. The fourth-order valence-electron chi connectivity index (χ4n) is 2.16. The standard InChI is InChI=1S/C16H17O3P/c1-13(16(17)18)12-20(19,14-8-4-2-5-9-14)15-10-6-3-7-11-15/h2-11,13H,12H2,1H3,(H,17,18)/t13-/m0/s1. The quantitative estimate of drug-likeness (QED) is 0.861. The van der Waals surface area contributed by atoms with Crippen molar-refractivity contribution in [2.75, 3.05) is 6.16 Å². The minimum Gasteiger partial charge on any atom is -0.481 e.